The lowest BCUT2D eigenvalue weighted by Crippen LogP contribution is -2.21. The fraction of sp³-hybridized carbons (Fsp3) is 0.0500. The Bertz CT molecular complexity index is 1310. The number of hydrogen-bond donors (Lipinski definition) is 1. The highest BCUT2D eigenvalue weighted by molar-refractivity contribution is 6.05. The van der Waals surface area contributed by atoms with Gasteiger partial charge in [0.2, 0.25) is 0 Å². The number of pyridine rings is 2. The van der Waals surface area contributed by atoms with Crippen LogP contribution in [0.2, 0.25) is 0 Å². The van der Waals surface area contributed by atoms with E-state index < -0.39 is 23.3 Å². The molecule has 0 bridgehead atoms. The van der Waals surface area contributed by atoms with Gasteiger partial charge in [0, 0.05) is 24.0 Å². The summed E-state index contributed by atoms with van der Waals surface area (Å²) < 4.78 is 42.1. The Morgan fingerprint density at radius 3 is 2.60 bits per heavy atom. The lowest BCUT2D eigenvalue weighted by atomic mass is 10.1. The fourth-order valence-corrected chi connectivity index (χ4v) is 2.93. The molecule has 0 spiro atoms. The number of fused-ring (bicyclic) bond motifs is 1. The Kier molecular flexibility index (Phi) is 4.63. The van der Waals surface area contributed by atoms with Crippen molar-refractivity contribution >= 4 is 22.4 Å². The van der Waals surface area contributed by atoms with Gasteiger partial charge in [-0.15, -0.1) is 0 Å². The molecule has 30 heavy (non-hydrogen) atoms. The van der Waals surface area contributed by atoms with E-state index in [1.165, 1.54) is 30.7 Å². The third-order valence-electron chi connectivity index (χ3n) is 4.31. The third kappa shape index (κ3) is 3.44. The number of nitriles is 1. The predicted molar refractivity (Wildman–Crippen MR) is 101 cm³/mol. The van der Waals surface area contributed by atoms with Gasteiger partial charge in [-0.1, -0.05) is 24.3 Å². The first-order chi connectivity index (χ1) is 14.4. The Morgan fingerprint density at radius 2 is 1.87 bits per heavy atom. The van der Waals surface area contributed by atoms with Gasteiger partial charge >= 0.3 is 6.18 Å². The van der Waals surface area contributed by atoms with Crippen molar-refractivity contribution in [1.82, 2.24) is 19.7 Å². The molecule has 0 saturated carbocycles. The molecule has 0 radical (unpaired) electrons. The largest absolute Gasteiger partial charge is 0.434 e. The fourth-order valence-electron chi connectivity index (χ4n) is 2.93. The molecule has 4 rings (SSSR count). The summed E-state index contributed by atoms with van der Waals surface area (Å²) in [4.78, 5) is 20.4. The number of alkyl halides is 3. The van der Waals surface area contributed by atoms with Crippen LogP contribution in [-0.4, -0.2) is 25.7 Å². The van der Waals surface area contributed by atoms with Gasteiger partial charge in [0.15, 0.2) is 11.5 Å². The maximum Gasteiger partial charge on any atom is 0.434 e. The second kappa shape index (κ2) is 7.29. The number of nitrogens with zero attached hydrogens (tertiary/aromatic N) is 5. The van der Waals surface area contributed by atoms with Gasteiger partial charge < -0.3 is 5.32 Å². The zero-order valence-electron chi connectivity index (χ0n) is 15.1. The number of aromatic nitrogens is 4. The highest BCUT2D eigenvalue weighted by Crippen LogP contribution is 2.34. The van der Waals surface area contributed by atoms with E-state index in [2.05, 4.69) is 20.4 Å². The van der Waals surface area contributed by atoms with E-state index in [0.717, 1.165) is 11.6 Å². The smallest absolute Gasteiger partial charge is 0.321 e. The number of hydrogen-bond acceptors (Lipinski definition) is 5. The summed E-state index contributed by atoms with van der Waals surface area (Å²) in [6.45, 7) is 0. The van der Waals surface area contributed by atoms with Crippen molar-refractivity contribution in [3.8, 4) is 11.9 Å². The average Bonchev–Trinajstić information content (AvgIpc) is 3.20. The van der Waals surface area contributed by atoms with Crippen molar-refractivity contribution in [2.24, 2.45) is 0 Å². The lowest BCUT2D eigenvalue weighted by Gasteiger charge is -2.13. The standard InChI is InChI=1S/C20H11F3N6O/c21-20(22,23)18-15(19(30)28-16-5-6-25-9-14(16)8-24)11-27-29(18)17-7-12-3-1-2-4-13(12)10-26-17/h1-7,9-11H,(H,25,28,30). The van der Waals surface area contributed by atoms with Crippen LogP contribution in [0.1, 0.15) is 21.6 Å². The van der Waals surface area contributed by atoms with Crippen LogP contribution >= 0.6 is 0 Å². The number of anilines is 1. The van der Waals surface area contributed by atoms with E-state index in [1.54, 1.807) is 24.3 Å². The summed E-state index contributed by atoms with van der Waals surface area (Å²) in [5.41, 5.74) is -1.90. The molecule has 0 unspecified atom stereocenters. The minimum Gasteiger partial charge on any atom is -0.321 e. The molecule has 3 aromatic heterocycles. The molecule has 0 saturated heterocycles. The van der Waals surface area contributed by atoms with Gasteiger partial charge in [-0.25, -0.2) is 9.67 Å². The minimum atomic E-state index is -4.88. The van der Waals surface area contributed by atoms with Gasteiger partial charge in [-0.3, -0.25) is 9.78 Å². The van der Waals surface area contributed by atoms with E-state index in [-0.39, 0.29) is 17.1 Å². The zero-order chi connectivity index (χ0) is 21.3. The Hall–Kier alpha value is -4.26. The molecule has 0 aliphatic carbocycles. The number of carbonyl (C=O) groups excluding carboxylic acids is 1. The Balaban J connectivity index is 1.79. The van der Waals surface area contributed by atoms with Crippen LogP contribution < -0.4 is 5.32 Å². The first-order valence-corrected chi connectivity index (χ1v) is 8.54. The molecule has 1 amide bonds. The second-order valence-corrected chi connectivity index (χ2v) is 6.19. The minimum absolute atomic E-state index is 0.0167. The van der Waals surface area contributed by atoms with Crippen molar-refractivity contribution in [1.29, 1.82) is 5.26 Å². The first kappa shape index (κ1) is 19.1. The van der Waals surface area contributed by atoms with Crippen LogP contribution in [0.25, 0.3) is 16.6 Å². The van der Waals surface area contributed by atoms with E-state index in [9.17, 15) is 18.0 Å². The van der Waals surface area contributed by atoms with E-state index >= 15 is 0 Å². The molecular weight excluding hydrogens is 397 g/mol. The number of nitrogens with one attached hydrogen (secondary N) is 1. The first-order valence-electron chi connectivity index (χ1n) is 8.54. The van der Waals surface area contributed by atoms with Gasteiger partial charge in [0.25, 0.3) is 5.91 Å². The highest BCUT2D eigenvalue weighted by Gasteiger charge is 2.41. The molecule has 3 heterocycles. The summed E-state index contributed by atoms with van der Waals surface area (Å²) in [6.07, 6.45) is -0.121. The molecule has 7 nitrogen and oxygen atoms in total. The summed E-state index contributed by atoms with van der Waals surface area (Å²) in [6, 6.07) is 11.6. The Labute approximate surface area is 167 Å². The number of benzene rings is 1. The number of rotatable bonds is 3. The number of amides is 1. The van der Waals surface area contributed by atoms with Crippen LogP contribution in [0.5, 0.6) is 0 Å². The van der Waals surface area contributed by atoms with Crippen molar-refractivity contribution < 1.29 is 18.0 Å². The molecule has 0 aliphatic heterocycles. The SMILES string of the molecule is N#Cc1cnccc1NC(=O)c1cnn(-c2cc3ccccc3cn2)c1C(F)(F)F. The molecule has 1 N–H and O–H groups in total. The van der Waals surface area contributed by atoms with E-state index in [1.807, 2.05) is 6.07 Å². The van der Waals surface area contributed by atoms with Gasteiger partial charge in [-0.2, -0.15) is 23.5 Å². The zero-order valence-corrected chi connectivity index (χ0v) is 15.1. The van der Waals surface area contributed by atoms with Crippen molar-refractivity contribution in [3.05, 3.63) is 78.0 Å². The molecular formula is C20H11F3N6O. The average molecular weight is 408 g/mol. The quantitative estimate of drug-likeness (QED) is 0.554. The van der Waals surface area contributed by atoms with Gasteiger partial charge in [0.1, 0.15) is 6.07 Å². The monoisotopic (exact) mass is 408 g/mol. The summed E-state index contributed by atoms with van der Waals surface area (Å²) in [7, 11) is 0. The third-order valence-corrected chi connectivity index (χ3v) is 4.31. The van der Waals surface area contributed by atoms with Crippen molar-refractivity contribution in [3.63, 3.8) is 0 Å². The lowest BCUT2D eigenvalue weighted by molar-refractivity contribution is -0.143. The molecule has 1 aromatic carbocycles. The summed E-state index contributed by atoms with van der Waals surface area (Å²) in [5.74, 6) is -1.14. The topological polar surface area (TPSA) is 96.5 Å². The second-order valence-electron chi connectivity index (χ2n) is 6.19. The number of carbonyl (C=O) groups is 1. The Morgan fingerprint density at radius 1 is 1.10 bits per heavy atom. The maximum atomic E-state index is 13.9. The van der Waals surface area contributed by atoms with Crippen molar-refractivity contribution in [2.45, 2.75) is 6.18 Å². The highest BCUT2D eigenvalue weighted by atomic mass is 19.4. The van der Waals surface area contributed by atoms with E-state index in [0.29, 0.717) is 10.1 Å². The summed E-state index contributed by atoms with van der Waals surface area (Å²) >= 11 is 0. The van der Waals surface area contributed by atoms with Crippen LogP contribution in [0.3, 0.4) is 0 Å². The normalized spacial score (nSPS) is 11.3. The maximum absolute atomic E-state index is 13.9. The van der Waals surface area contributed by atoms with Gasteiger partial charge in [0.05, 0.1) is 23.0 Å². The van der Waals surface area contributed by atoms with Crippen LogP contribution in [0.4, 0.5) is 18.9 Å². The molecule has 148 valence electrons. The van der Waals surface area contributed by atoms with Gasteiger partial charge in [-0.05, 0) is 17.5 Å². The van der Waals surface area contributed by atoms with Crippen molar-refractivity contribution in [2.75, 3.05) is 5.32 Å². The molecule has 4 aromatic rings. The molecule has 0 atom stereocenters. The van der Waals surface area contributed by atoms with Crippen LogP contribution in [0.15, 0.2) is 61.2 Å². The van der Waals surface area contributed by atoms with E-state index in [4.69, 9.17) is 5.26 Å². The number of halogens is 3. The predicted octanol–water partition coefficient (Wildman–Crippen LogP) is 3.96. The molecule has 0 aliphatic rings. The van der Waals surface area contributed by atoms with Crippen LogP contribution in [0, 0.1) is 11.3 Å². The molecule has 0 fully saturated rings. The van der Waals surface area contributed by atoms with Crippen LogP contribution in [-0.2, 0) is 6.18 Å². The molecule has 10 heteroatoms. The summed E-state index contributed by atoms with van der Waals surface area (Å²) in [5, 5.41) is 16.6.